The Hall–Kier alpha value is -0.123. The van der Waals surface area contributed by atoms with E-state index in [2.05, 4.69) is 39.9 Å². The van der Waals surface area contributed by atoms with Gasteiger partial charge in [0.25, 0.3) is 0 Å². The third-order valence-corrected chi connectivity index (χ3v) is 9.72. The Labute approximate surface area is 113 Å². The topological polar surface area (TPSA) is 29.5 Å². The minimum Gasteiger partial charge on any atom is -0.413 e. The van der Waals surface area contributed by atoms with E-state index in [1.54, 1.807) is 0 Å². The minimum atomic E-state index is -1.70. The molecule has 0 aromatic carbocycles. The molecule has 2 nitrogen and oxygen atoms in total. The van der Waals surface area contributed by atoms with Crippen molar-refractivity contribution in [2.24, 2.45) is 5.41 Å². The van der Waals surface area contributed by atoms with Crippen LogP contribution in [-0.2, 0) is 4.43 Å². The Morgan fingerprint density at radius 2 is 2.00 bits per heavy atom. The number of aliphatic hydroxyl groups excluding tert-OH is 1. The molecule has 104 valence electrons. The maximum absolute atomic E-state index is 9.80. The van der Waals surface area contributed by atoms with Gasteiger partial charge < -0.3 is 9.53 Å². The highest BCUT2D eigenvalue weighted by molar-refractivity contribution is 6.74. The third kappa shape index (κ3) is 2.45. The highest BCUT2D eigenvalue weighted by Gasteiger charge is 2.49. The maximum Gasteiger partial charge on any atom is 0.192 e. The monoisotopic (exact) mass is 268 g/mol. The van der Waals surface area contributed by atoms with Crippen molar-refractivity contribution < 1.29 is 9.53 Å². The molecule has 0 aliphatic heterocycles. The first-order valence-corrected chi connectivity index (χ1v) is 10.1. The summed E-state index contributed by atoms with van der Waals surface area (Å²) in [5, 5.41) is 10.1. The van der Waals surface area contributed by atoms with Crippen LogP contribution in [0.25, 0.3) is 0 Å². The Kier molecular flexibility index (Phi) is 3.54. The summed E-state index contributed by atoms with van der Waals surface area (Å²) in [6.45, 7) is 11.5. The smallest absolute Gasteiger partial charge is 0.192 e. The van der Waals surface area contributed by atoms with E-state index in [1.807, 2.05) is 6.08 Å². The highest BCUT2D eigenvalue weighted by Crippen LogP contribution is 2.51. The van der Waals surface area contributed by atoms with Gasteiger partial charge in [0.2, 0.25) is 0 Å². The molecule has 3 atom stereocenters. The molecule has 3 heteroatoms. The standard InChI is InChI=1S/C15H28O2Si/c1-14(2,3)18(4,5)17-13-7-6-9-15(13)10-8-12(16)11-15/h8,10,12-13,16H,6-7,9,11H2,1-5H3/t12-,13-,15-/m1/s1. The average Bonchev–Trinajstić information content (AvgIpc) is 2.74. The molecule has 0 aromatic heterocycles. The van der Waals surface area contributed by atoms with E-state index in [9.17, 15) is 5.11 Å². The third-order valence-electron chi connectivity index (χ3n) is 5.23. The van der Waals surface area contributed by atoms with E-state index < -0.39 is 8.32 Å². The van der Waals surface area contributed by atoms with E-state index in [0.29, 0.717) is 6.10 Å². The van der Waals surface area contributed by atoms with Crippen LogP contribution in [-0.4, -0.2) is 25.6 Å². The molecule has 0 unspecified atom stereocenters. The molecule has 0 radical (unpaired) electrons. The molecule has 0 saturated heterocycles. The van der Waals surface area contributed by atoms with Crippen LogP contribution in [0.4, 0.5) is 0 Å². The molecular weight excluding hydrogens is 240 g/mol. The fourth-order valence-corrected chi connectivity index (χ4v) is 4.44. The fraction of sp³-hybridized carbons (Fsp3) is 0.867. The number of rotatable bonds is 2. The molecule has 2 aliphatic carbocycles. The zero-order valence-electron chi connectivity index (χ0n) is 12.5. The minimum absolute atomic E-state index is 0.134. The molecule has 0 bridgehead atoms. The molecule has 1 N–H and O–H groups in total. The van der Waals surface area contributed by atoms with Gasteiger partial charge in [-0.2, -0.15) is 0 Å². The van der Waals surface area contributed by atoms with Gasteiger partial charge in [0.05, 0.1) is 12.2 Å². The zero-order valence-corrected chi connectivity index (χ0v) is 13.5. The summed E-state index contributed by atoms with van der Waals surface area (Å²) in [6, 6.07) is 0. The molecule has 1 saturated carbocycles. The lowest BCUT2D eigenvalue weighted by Gasteiger charge is -2.42. The van der Waals surface area contributed by atoms with Crippen molar-refractivity contribution in [3.05, 3.63) is 12.2 Å². The molecule has 2 rings (SSSR count). The number of hydrogen-bond acceptors (Lipinski definition) is 2. The van der Waals surface area contributed by atoms with E-state index >= 15 is 0 Å². The molecule has 1 spiro atoms. The second-order valence-electron chi connectivity index (χ2n) is 7.62. The van der Waals surface area contributed by atoms with Crippen molar-refractivity contribution in [1.29, 1.82) is 0 Å². The summed E-state index contributed by atoms with van der Waals surface area (Å²) in [7, 11) is -1.70. The molecular formula is C15H28O2Si. The maximum atomic E-state index is 9.80. The number of hydrogen-bond donors (Lipinski definition) is 1. The van der Waals surface area contributed by atoms with Crippen molar-refractivity contribution in [2.45, 2.75) is 76.8 Å². The summed E-state index contributed by atoms with van der Waals surface area (Å²) < 4.78 is 6.63. The van der Waals surface area contributed by atoms with Crippen LogP contribution in [0.5, 0.6) is 0 Å². The Morgan fingerprint density at radius 3 is 2.50 bits per heavy atom. The second-order valence-corrected chi connectivity index (χ2v) is 12.4. The van der Waals surface area contributed by atoms with Crippen LogP contribution in [0.1, 0.15) is 46.5 Å². The van der Waals surface area contributed by atoms with Gasteiger partial charge in [-0.3, -0.25) is 0 Å². The van der Waals surface area contributed by atoms with Crippen LogP contribution >= 0.6 is 0 Å². The molecule has 1 fully saturated rings. The highest BCUT2D eigenvalue weighted by atomic mass is 28.4. The molecule has 0 amide bonds. The van der Waals surface area contributed by atoms with Gasteiger partial charge in [0.1, 0.15) is 0 Å². The van der Waals surface area contributed by atoms with E-state index in [-0.39, 0.29) is 16.6 Å². The van der Waals surface area contributed by atoms with Crippen LogP contribution in [0.2, 0.25) is 18.1 Å². The average molecular weight is 268 g/mol. The van der Waals surface area contributed by atoms with Crippen molar-refractivity contribution in [2.75, 3.05) is 0 Å². The summed E-state index contributed by atoms with van der Waals surface area (Å²) in [5.74, 6) is 0. The van der Waals surface area contributed by atoms with Gasteiger partial charge >= 0.3 is 0 Å². The van der Waals surface area contributed by atoms with Crippen LogP contribution in [0.15, 0.2) is 12.2 Å². The first-order chi connectivity index (χ1) is 8.16. The zero-order chi connectivity index (χ0) is 13.6. The van der Waals surface area contributed by atoms with Crippen LogP contribution < -0.4 is 0 Å². The van der Waals surface area contributed by atoms with Gasteiger partial charge in [0, 0.05) is 5.41 Å². The van der Waals surface area contributed by atoms with Crippen molar-refractivity contribution in [3.8, 4) is 0 Å². The molecule has 0 heterocycles. The second kappa shape index (κ2) is 4.46. The van der Waals surface area contributed by atoms with Gasteiger partial charge in [-0.1, -0.05) is 32.9 Å². The van der Waals surface area contributed by atoms with Crippen molar-refractivity contribution >= 4 is 8.32 Å². The Bertz CT molecular complexity index is 343. The summed E-state index contributed by atoms with van der Waals surface area (Å²) in [4.78, 5) is 0. The van der Waals surface area contributed by atoms with Crippen LogP contribution in [0, 0.1) is 5.41 Å². The van der Waals surface area contributed by atoms with Gasteiger partial charge in [0.15, 0.2) is 8.32 Å². The van der Waals surface area contributed by atoms with Crippen LogP contribution in [0.3, 0.4) is 0 Å². The summed E-state index contributed by atoms with van der Waals surface area (Å²) in [6.07, 6.45) is 8.71. The van der Waals surface area contributed by atoms with E-state index in [0.717, 1.165) is 12.8 Å². The summed E-state index contributed by atoms with van der Waals surface area (Å²) >= 11 is 0. The molecule has 18 heavy (non-hydrogen) atoms. The lowest BCUT2D eigenvalue weighted by atomic mass is 9.83. The van der Waals surface area contributed by atoms with Crippen molar-refractivity contribution in [3.63, 3.8) is 0 Å². The number of aliphatic hydroxyl groups is 1. The normalized spacial score (nSPS) is 36.8. The van der Waals surface area contributed by atoms with E-state index in [1.165, 1.54) is 12.8 Å². The first-order valence-electron chi connectivity index (χ1n) is 7.22. The van der Waals surface area contributed by atoms with Gasteiger partial charge in [-0.05, 0) is 43.8 Å². The fourth-order valence-electron chi connectivity index (χ4n) is 3.03. The summed E-state index contributed by atoms with van der Waals surface area (Å²) in [5.41, 5.74) is 0.134. The quantitative estimate of drug-likeness (QED) is 0.608. The predicted molar refractivity (Wildman–Crippen MR) is 78.1 cm³/mol. The van der Waals surface area contributed by atoms with E-state index in [4.69, 9.17) is 4.43 Å². The Morgan fingerprint density at radius 1 is 1.33 bits per heavy atom. The SMILES string of the molecule is CC(C)(C)[Si](C)(C)O[C@@H]1CCC[C@]12C=C[C@@H](O)C2. The lowest BCUT2D eigenvalue weighted by molar-refractivity contribution is 0.0715. The molecule has 0 aromatic rings. The lowest BCUT2D eigenvalue weighted by Crippen LogP contribution is -2.47. The molecule has 2 aliphatic rings. The predicted octanol–water partition coefficient (Wildman–Crippen LogP) is 3.87. The van der Waals surface area contributed by atoms with Crippen molar-refractivity contribution in [1.82, 2.24) is 0 Å². The van der Waals surface area contributed by atoms with Gasteiger partial charge in [-0.15, -0.1) is 0 Å². The first kappa shape index (κ1) is 14.3. The largest absolute Gasteiger partial charge is 0.413 e. The van der Waals surface area contributed by atoms with Gasteiger partial charge in [-0.25, -0.2) is 0 Å². The Balaban J connectivity index is 2.12.